The fourth-order valence-corrected chi connectivity index (χ4v) is 3.75. The average Bonchev–Trinajstić information content (AvgIpc) is 3.15. The molecule has 3 rings (SSSR count). The van der Waals surface area contributed by atoms with E-state index >= 15 is 0 Å². The van der Waals surface area contributed by atoms with Crippen molar-refractivity contribution in [3.8, 4) is 5.69 Å². The second-order valence-electron chi connectivity index (χ2n) is 6.65. The molecule has 0 radical (unpaired) electrons. The molecule has 26 heavy (non-hydrogen) atoms. The summed E-state index contributed by atoms with van der Waals surface area (Å²) < 4.78 is 27.0. The van der Waals surface area contributed by atoms with E-state index in [1.165, 1.54) is 0 Å². The van der Waals surface area contributed by atoms with Gasteiger partial charge in [-0.05, 0) is 43.0 Å². The lowest BCUT2D eigenvalue weighted by Crippen LogP contribution is -2.49. The van der Waals surface area contributed by atoms with Crippen LogP contribution in [0.4, 0.5) is 0 Å². The first-order chi connectivity index (χ1) is 12.4. The normalized spacial score (nSPS) is 18.0. The second-order valence-corrected chi connectivity index (χ2v) is 8.48. The van der Waals surface area contributed by atoms with Gasteiger partial charge in [0, 0.05) is 31.5 Å². The maximum atomic E-state index is 12.7. The number of nitrogens with one attached hydrogen (secondary N) is 1. The Morgan fingerprint density at radius 3 is 2.69 bits per heavy atom. The van der Waals surface area contributed by atoms with Gasteiger partial charge in [-0.2, -0.15) is 5.10 Å². The molecule has 1 aliphatic rings. The van der Waals surface area contributed by atoms with Gasteiger partial charge in [-0.1, -0.05) is 12.1 Å². The van der Waals surface area contributed by atoms with E-state index in [0.29, 0.717) is 13.0 Å². The molecule has 0 bridgehead atoms. The van der Waals surface area contributed by atoms with Crippen molar-refractivity contribution in [2.24, 2.45) is 0 Å². The Morgan fingerprint density at radius 1 is 1.27 bits per heavy atom. The second kappa shape index (κ2) is 8.01. The molecule has 1 saturated heterocycles. The summed E-state index contributed by atoms with van der Waals surface area (Å²) in [6, 6.07) is 9.53. The molecule has 0 spiro atoms. The number of sulfonamides is 1. The molecular formula is C18H24N4O3S. The van der Waals surface area contributed by atoms with Crippen LogP contribution in [0.15, 0.2) is 42.7 Å². The summed E-state index contributed by atoms with van der Waals surface area (Å²) in [6.07, 6.45) is 7.84. The highest BCUT2D eigenvalue weighted by Crippen LogP contribution is 2.19. The molecule has 2 heterocycles. The standard InChI is InChI=1S/C18H24N4O3S/c1-26(24,25)20-14-17-5-2-3-11-21(17)18(23)13-15-6-8-16(9-7-15)22-12-4-10-19-22/h4,6-10,12,17,20H,2-3,5,11,13-14H2,1H3. The number of piperidine rings is 1. The Labute approximate surface area is 154 Å². The van der Waals surface area contributed by atoms with E-state index in [2.05, 4.69) is 9.82 Å². The fourth-order valence-electron chi connectivity index (χ4n) is 3.25. The number of carbonyl (C=O) groups excluding carboxylic acids is 1. The summed E-state index contributed by atoms with van der Waals surface area (Å²) >= 11 is 0. The Bertz CT molecular complexity index is 832. The lowest BCUT2D eigenvalue weighted by atomic mass is 10.0. The molecule has 140 valence electrons. The van der Waals surface area contributed by atoms with Crippen LogP contribution in [0.25, 0.3) is 5.69 Å². The van der Waals surface area contributed by atoms with Crippen LogP contribution in [-0.4, -0.2) is 54.4 Å². The Hall–Kier alpha value is -2.19. The Kier molecular flexibility index (Phi) is 5.73. The smallest absolute Gasteiger partial charge is 0.227 e. The van der Waals surface area contributed by atoms with Gasteiger partial charge in [0.15, 0.2) is 0 Å². The van der Waals surface area contributed by atoms with Crippen molar-refractivity contribution < 1.29 is 13.2 Å². The van der Waals surface area contributed by atoms with Crippen LogP contribution >= 0.6 is 0 Å². The first-order valence-corrected chi connectivity index (χ1v) is 10.6. The van der Waals surface area contributed by atoms with E-state index in [1.54, 1.807) is 10.9 Å². The lowest BCUT2D eigenvalue weighted by Gasteiger charge is -2.36. The number of amides is 1. The van der Waals surface area contributed by atoms with Gasteiger partial charge in [-0.3, -0.25) is 4.79 Å². The summed E-state index contributed by atoms with van der Waals surface area (Å²) in [5, 5.41) is 4.19. The molecule has 0 saturated carbocycles. The Morgan fingerprint density at radius 2 is 2.04 bits per heavy atom. The number of nitrogens with zero attached hydrogens (tertiary/aromatic N) is 3. The number of hydrogen-bond acceptors (Lipinski definition) is 4. The SMILES string of the molecule is CS(=O)(=O)NCC1CCCCN1C(=O)Cc1ccc(-n2cccn2)cc1. The maximum Gasteiger partial charge on any atom is 0.227 e. The molecule has 2 aromatic rings. The largest absolute Gasteiger partial charge is 0.338 e. The predicted molar refractivity (Wildman–Crippen MR) is 99.5 cm³/mol. The molecular weight excluding hydrogens is 352 g/mol. The van der Waals surface area contributed by atoms with Crippen LogP contribution < -0.4 is 4.72 Å². The Balaban J connectivity index is 1.63. The van der Waals surface area contributed by atoms with E-state index < -0.39 is 10.0 Å². The van der Waals surface area contributed by atoms with Crippen molar-refractivity contribution in [1.29, 1.82) is 0 Å². The summed E-state index contributed by atoms with van der Waals surface area (Å²) in [5.74, 6) is 0.0387. The number of rotatable bonds is 6. The van der Waals surface area contributed by atoms with Crippen LogP contribution in [0.2, 0.25) is 0 Å². The van der Waals surface area contributed by atoms with Crippen molar-refractivity contribution in [2.45, 2.75) is 31.7 Å². The van der Waals surface area contributed by atoms with E-state index in [0.717, 1.165) is 36.8 Å². The maximum absolute atomic E-state index is 12.7. The minimum Gasteiger partial charge on any atom is -0.338 e. The third kappa shape index (κ3) is 4.92. The van der Waals surface area contributed by atoms with Crippen molar-refractivity contribution in [3.63, 3.8) is 0 Å². The van der Waals surface area contributed by atoms with Crippen molar-refractivity contribution in [2.75, 3.05) is 19.3 Å². The van der Waals surface area contributed by atoms with Gasteiger partial charge < -0.3 is 4.90 Å². The highest BCUT2D eigenvalue weighted by Gasteiger charge is 2.27. The van der Waals surface area contributed by atoms with Crippen LogP contribution in [0.5, 0.6) is 0 Å². The molecule has 1 aliphatic heterocycles. The van der Waals surface area contributed by atoms with Gasteiger partial charge in [-0.25, -0.2) is 17.8 Å². The minimum absolute atomic E-state index is 0.0387. The zero-order chi connectivity index (χ0) is 18.6. The number of aromatic nitrogens is 2. The van der Waals surface area contributed by atoms with Crippen LogP contribution in [0.1, 0.15) is 24.8 Å². The number of carbonyl (C=O) groups is 1. The van der Waals surface area contributed by atoms with Gasteiger partial charge in [0.1, 0.15) is 0 Å². The monoisotopic (exact) mass is 376 g/mol. The molecule has 1 fully saturated rings. The molecule has 1 amide bonds. The minimum atomic E-state index is -3.25. The first-order valence-electron chi connectivity index (χ1n) is 8.75. The fraction of sp³-hybridized carbons (Fsp3) is 0.444. The van der Waals surface area contributed by atoms with Gasteiger partial charge in [-0.15, -0.1) is 0 Å². The van der Waals surface area contributed by atoms with E-state index in [9.17, 15) is 13.2 Å². The molecule has 1 N–H and O–H groups in total. The first kappa shape index (κ1) is 18.6. The topological polar surface area (TPSA) is 84.3 Å². The highest BCUT2D eigenvalue weighted by molar-refractivity contribution is 7.88. The van der Waals surface area contributed by atoms with Crippen molar-refractivity contribution in [1.82, 2.24) is 19.4 Å². The lowest BCUT2D eigenvalue weighted by molar-refractivity contribution is -0.133. The van der Waals surface area contributed by atoms with Crippen LogP contribution in [-0.2, 0) is 21.2 Å². The average molecular weight is 376 g/mol. The zero-order valence-corrected chi connectivity index (χ0v) is 15.7. The number of hydrogen-bond donors (Lipinski definition) is 1. The summed E-state index contributed by atoms with van der Waals surface area (Å²) in [6.45, 7) is 0.961. The highest BCUT2D eigenvalue weighted by atomic mass is 32.2. The molecule has 1 unspecified atom stereocenters. The molecule has 1 atom stereocenters. The molecule has 0 aliphatic carbocycles. The van der Waals surface area contributed by atoms with Gasteiger partial charge in [0.05, 0.1) is 18.4 Å². The summed E-state index contributed by atoms with van der Waals surface area (Å²) in [7, 11) is -3.25. The number of benzene rings is 1. The zero-order valence-electron chi connectivity index (χ0n) is 14.8. The van der Waals surface area contributed by atoms with E-state index in [-0.39, 0.29) is 18.5 Å². The van der Waals surface area contributed by atoms with Gasteiger partial charge in [0.25, 0.3) is 0 Å². The summed E-state index contributed by atoms with van der Waals surface area (Å²) in [4.78, 5) is 14.6. The van der Waals surface area contributed by atoms with E-state index in [1.807, 2.05) is 41.4 Å². The number of likely N-dealkylation sites (tertiary alicyclic amines) is 1. The molecule has 7 nitrogen and oxygen atoms in total. The van der Waals surface area contributed by atoms with Crippen LogP contribution in [0.3, 0.4) is 0 Å². The molecule has 1 aromatic heterocycles. The van der Waals surface area contributed by atoms with Gasteiger partial charge >= 0.3 is 0 Å². The van der Waals surface area contributed by atoms with Crippen LogP contribution in [0, 0.1) is 0 Å². The van der Waals surface area contributed by atoms with Crippen molar-refractivity contribution >= 4 is 15.9 Å². The quantitative estimate of drug-likeness (QED) is 0.825. The predicted octanol–water partition coefficient (Wildman–Crippen LogP) is 1.35. The van der Waals surface area contributed by atoms with Gasteiger partial charge in [0.2, 0.25) is 15.9 Å². The van der Waals surface area contributed by atoms with Crippen molar-refractivity contribution in [3.05, 3.63) is 48.3 Å². The van der Waals surface area contributed by atoms with E-state index in [4.69, 9.17) is 0 Å². The summed E-state index contributed by atoms with van der Waals surface area (Å²) in [5.41, 5.74) is 1.88. The molecule has 1 aromatic carbocycles. The third-order valence-electron chi connectivity index (χ3n) is 4.59. The molecule has 8 heteroatoms. The third-order valence-corrected chi connectivity index (χ3v) is 5.28.